The van der Waals surface area contributed by atoms with E-state index in [1.165, 1.54) is 0 Å². The summed E-state index contributed by atoms with van der Waals surface area (Å²) in [5, 5.41) is 12.5. The number of hydrogen-bond donors (Lipinski definition) is 2. The molecule has 0 fully saturated rings. The lowest BCUT2D eigenvalue weighted by molar-refractivity contribution is 0.230. The van der Waals surface area contributed by atoms with Crippen molar-refractivity contribution >= 4 is 5.69 Å². The molecule has 0 amide bonds. The maximum Gasteiger partial charge on any atom is 0.162 e. The average molecular weight is 253 g/mol. The molecule has 1 rings (SSSR count). The molecule has 0 saturated carbocycles. The molecule has 0 spiro atoms. The van der Waals surface area contributed by atoms with E-state index in [1.54, 1.807) is 14.2 Å². The maximum atomic E-state index is 9.17. The summed E-state index contributed by atoms with van der Waals surface area (Å²) < 4.78 is 10.5. The van der Waals surface area contributed by atoms with Crippen molar-refractivity contribution < 1.29 is 14.6 Å². The summed E-state index contributed by atoms with van der Waals surface area (Å²) in [7, 11) is 3.25. The highest BCUT2D eigenvalue weighted by Gasteiger charge is 2.10. The van der Waals surface area contributed by atoms with Gasteiger partial charge in [0.15, 0.2) is 11.5 Å². The van der Waals surface area contributed by atoms with Crippen molar-refractivity contribution in [2.75, 3.05) is 32.7 Å². The molecular formula is C14H23NO3. The van der Waals surface area contributed by atoms with E-state index in [1.807, 2.05) is 19.1 Å². The van der Waals surface area contributed by atoms with Crippen molar-refractivity contribution in [2.45, 2.75) is 20.3 Å². The average Bonchev–Trinajstić information content (AvgIpc) is 2.40. The molecule has 0 aliphatic carbocycles. The molecule has 18 heavy (non-hydrogen) atoms. The quantitative estimate of drug-likeness (QED) is 0.783. The SMILES string of the molecule is CCC(CO)CNc1cc(OC)c(OC)cc1C. The number of aliphatic hydroxyl groups is 1. The normalized spacial score (nSPS) is 12.1. The Morgan fingerprint density at radius 2 is 1.83 bits per heavy atom. The third-order valence-corrected chi connectivity index (χ3v) is 3.15. The summed E-state index contributed by atoms with van der Waals surface area (Å²) in [6.45, 7) is 5.05. The van der Waals surface area contributed by atoms with Crippen molar-refractivity contribution in [3.05, 3.63) is 17.7 Å². The fourth-order valence-corrected chi connectivity index (χ4v) is 1.76. The first-order valence-electron chi connectivity index (χ1n) is 6.23. The van der Waals surface area contributed by atoms with Crippen LogP contribution in [0.5, 0.6) is 11.5 Å². The zero-order valence-corrected chi connectivity index (χ0v) is 11.6. The minimum Gasteiger partial charge on any atom is -0.493 e. The van der Waals surface area contributed by atoms with Crippen LogP contribution in [-0.4, -0.2) is 32.5 Å². The first kappa shape index (κ1) is 14.6. The fourth-order valence-electron chi connectivity index (χ4n) is 1.76. The number of aliphatic hydroxyl groups excluding tert-OH is 1. The van der Waals surface area contributed by atoms with Gasteiger partial charge in [-0.15, -0.1) is 0 Å². The van der Waals surface area contributed by atoms with Gasteiger partial charge in [-0.05, 0) is 30.9 Å². The molecule has 1 atom stereocenters. The zero-order valence-electron chi connectivity index (χ0n) is 11.6. The molecule has 1 aromatic rings. The Morgan fingerprint density at radius 3 is 2.33 bits per heavy atom. The standard InChI is InChI=1S/C14H23NO3/c1-5-11(9-16)8-15-12-7-14(18-4)13(17-3)6-10(12)2/h6-7,11,15-16H,5,8-9H2,1-4H3. The van der Waals surface area contributed by atoms with Crippen LogP contribution in [0.2, 0.25) is 0 Å². The van der Waals surface area contributed by atoms with Crippen molar-refractivity contribution in [1.82, 2.24) is 0 Å². The van der Waals surface area contributed by atoms with Gasteiger partial charge in [0, 0.05) is 24.9 Å². The second-order valence-electron chi connectivity index (χ2n) is 4.36. The second-order valence-corrected chi connectivity index (χ2v) is 4.36. The maximum absolute atomic E-state index is 9.17. The highest BCUT2D eigenvalue weighted by atomic mass is 16.5. The Balaban J connectivity index is 2.82. The zero-order chi connectivity index (χ0) is 13.5. The number of aryl methyl sites for hydroxylation is 1. The first-order valence-corrected chi connectivity index (χ1v) is 6.23. The van der Waals surface area contributed by atoms with Gasteiger partial charge in [0.1, 0.15) is 0 Å². The third kappa shape index (κ3) is 3.53. The Bertz CT molecular complexity index is 376. The summed E-state index contributed by atoms with van der Waals surface area (Å²) in [6, 6.07) is 3.87. The van der Waals surface area contributed by atoms with Gasteiger partial charge < -0.3 is 19.9 Å². The van der Waals surface area contributed by atoms with Gasteiger partial charge in [-0.3, -0.25) is 0 Å². The highest BCUT2D eigenvalue weighted by molar-refractivity contribution is 5.60. The molecule has 1 unspecified atom stereocenters. The lowest BCUT2D eigenvalue weighted by atomic mass is 10.1. The van der Waals surface area contributed by atoms with Gasteiger partial charge in [0.2, 0.25) is 0 Å². The van der Waals surface area contributed by atoms with E-state index in [2.05, 4.69) is 12.2 Å². The van der Waals surface area contributed by atoms with Crippen molar-refractivity contribution in [2.24, 2.45) is 5.92 Å². The van der Waals surface area contributed by atoms with E-state index in [-0.39, 0.29) is 12.5 Å². The number of hydrogen-bond acceptors (Lipinski definition) is 4. The molecule has 0 heterocycles. The van der Waals surface area contributed by atoms with Crippen LogP contribution in [0, 0.1) is 12.8 Å². The van der Waals surface area contributed by atoms with Crippen LogP contribution in [0.1, 0.15) is 18.9 Å². The first-order chi connectivity index (χ1) is 8.65. The minimum absolute atomic E-state index is 0.204. The summed E-state index contributed by atoms with van der Waals surface area (Å²) in [5.41, 5.74) is 2.11. The highest BCUT2D eigenvalue weighted by Crippen LogP contribution is 2.32. The minimum atomic E-state index is 0.204. The molecule has 102 valence electrons. The molecule has 0 aliphatic heterocycles. The van der Waals surface area contributed by atoms with Crippen LogP contribution in [0.3, 0.4) is 0 Å². The molecule has 2 N–H and O–H groups in total. The molecule has 0 radical (unpaired) electrons. The van der Waals surface area contributed by atoms with Gasteiger partial charge in [-0.1, -0.05) is 6.92 Å². The Labute approximate surface area is 109 Å². The molecule has 4 heteroatoms. The number of benzene rings is 1. The van der Waals surface area contributed by atoms with Crippen LogP contribution >= 0.6 is 0 Å². The summed E-state index contributed by atoms with van der Waals surface area (Å²) in [4.78, 5) is 0. The van der Waals surface area contributed by atoms with Crippen LogP contribution in [0.25, 0.3) is 0 Å². The Hall–Kier alpha value is -1.42. The topological polar surface area (TPSA) is 50.7 Å². The lowest BCUT2D eigenvalue weighted by Gasteiger charge is -2.17. The van der Waals surface area contributed by atoms with E-state index in [9.17, 15) is 5.11 Å². The molecule has 0 aromatic heterocycles. The van der Waals surface area contributed by atoms with Gasteiger partial charge in [-0.2, -0.15) is 0 Å². The van der Waals surface area contributed by atoms with Crippen molar-refractivity contribution in [1.29, 1.82) is 0 Å². The van der Waals surface area contributed by atoms with E-state index < -0.39 is 0 Å². The molecular weight excluding hydrogens is 230 g/mol. The summed E-state index contributed by atoms with van der Waals surface area (Å²) >= 11 is 0. The molecule has 4 nitrogen and oxygen atoms in total. The molecule has 0 aliphatic rings. The number of methoxy groups -OCH3 is 2. The lowest BCUT2D eigenvalue weighted by Crippen LogP contribution is -2.17. The van der Waals surface area contributed by atoms with E-state index in [4.69, 9.17) is 9.47 Å². The summed E-state index contributed by atoms with van der Waals surface area (Å²) in [6.07, 6.45) is 0.954. The van der Waals surface area contributed by atoms with Gasteiger partial charge in [0.25, 0.3) is 0 Å². The van der Waals surface area contributed by atoms with Crippen LogP contribution in [0.15, 0.2) is 12.1 Å². The Kier molecular flexibility index (Phi) is 5.78. The monoisotopic (exact) mass is 253 g/mol. The van der Waals surface area contributed by atoms with Crippen molar-refractivity contribution in [3.8, 4) is 11.5 Å². The van der Waals surface area contributed by atoms with E-state index in [0.29, 0.717) is 5.75 Å². The summed E-state index contributed by atoms with van der Waals surface area (Å²) in [5.74, 6) is 1.72. The number of ether oxygens (including phenoxy) is 2. The fraction of sp³-hybridized carbons (Fsp3) is 0.571. The Morgan fingerprint density at radius 1 is 1.22 bits per heavy atom. The van der Waals surface area contributed by atoms with E-state index >= 15 is 0 Å². The van der Waals surface area contributed by atoms with Crippen LogP contribution in [-0.2, 0) is 0 Å². The number of nitrogens with one attached hydrogen (secondary N) is 1. The molecule has 1 aromatic carbocycles. The largest absolute Gasteiger partial charge is 0.493 e. The van der Waals surface area contributed by atoms with Crippen LogP contribution in [0.4, 0.5) is 5.69 Å². The molecule has 0 bridgehead atoms. The van der Waals surface area contributed by atoms with E-state index in [0.717, 1.165) is 30.0 Å². The van der Waals surface area contributed by atoms with Crippen LogP contribution < -0.4 is 14.8 Å². The van der Waals surface area contributed by atoms with Gasteiger partial charge in [-0.25, -0.2) is 0 Å². The number of anilines is 1. The number of rotatable bonds is 7. The second kappa shape index (κ2) is 7.11. The molecule has 0 saturated heterocycles. The third-order valence-electron chi connectivity index (χ3n) is 3.15. The smallest absolute Gasteiger partial charge is 0.162 e. The van der Waals surface area contributed by atoms with Crippen molar-refractivity contribution in [3.63, 3.8) is 0 Å². The predicted molar refractivity (Wildman–Crippen MR) is 73.6 cm³/mol. The van der Waals surface area contributed by atoms with Gasteiger partial charge >= 0.3 is 0 Å². The van der Waals surface area contributed by atoms with Gasteiger partial charge in [0.05, 0.1) is 14.2 Å². The predicted octanol–water partition coefficient (Wildman–Crippen LogP) is 2.44.